The van der Waals surface area contributed by atoms with E-state index in [2.05, 4.69) is 0 Å². The van der Waals surface area contributed by atoms with E-state index >= 15 is 0 Å². The fourth-order valence-corrected chi connectivity index (χ4v) is 3.03. The van der Waals surface area contributed by atoms with Crippen LogP contribution in [0, 0.1) is 0 Å². The molecule has 0 aromatic carbocycles. The van der Waals surface area contributed by atoms with Crippen molar-refractivity contribution in [1.82, 2.24) is 4.90 Å². The van der Waals surface area contributed by atoms with Crippen LogP contribution in [-0.4, -0.2) is 46.2 Å². The number of rotatable bonds is 2. The van der Waals surface area contributed by atoms with E-state index in [1.165, 1.54) is 0 Å². The molecule has 0 aliphatic carbocycles. The Morgan fingerprint density at radius 1 is 1.16 bits per heavy atom. The minimum absolute atomic E-state index is 0.229. The Labute approximate surface area is 111 Å². The van der Waals surface area contributed by atoms with Crippen LogP contribution < -0.4 is 0 Å². The van der Waals surface area contributed by atoms with Gasteiger partial charge in [-0.3, -0.25) is 4.90 Å². The molecule has 6 heteroatoms. The summed E-state index contributed by atoms with van der Waals surface area (Å²) in [7, 11) is 0. The minimum atomic E-state index is -4.54. The van der Waals surface area contributed by atoms with E-state index in [0.717, 1.165) is 0 Å². The van der Waals surface area contributed by atoms with Crippen LogP contribution in [0.3, 0.4) is 0 Å². The van der Waals surface area contributed by atoms with Crippen molar-refractivity contribution in [1.29, 1.82) is 0 Å². The van der Waals surface area contributed by atoms with Gasteiger partial charge in [-0.05, 0) is 33.6 Å². The minimum Gasteiger partial charge on any atom is -0.380 e. The van der Waals surface area contributed by atoms with Crippen LogP contribution in [-0.2, 0) is 4.74 Å². The van der Waals surface area contributed by atoms with E-state index in [9.17, 15) is 18.3 Å². The third-order valence-electron chi connectivity index (χ3n) is 4.09. The number of fused-ring (bicyclic) bond motifs is 2. The lowest BCUT2D eigenvalue weighted by Crippen LogP contribution is -2.58. The van der Waals surface area contributed by atoms with E-state index in [1.54, 1.807) is 0 Å². The Hall–Kier alpha value is -0.330. The van der Waals surface area contributed by atoms with Gasteiger partial charge in [0, 0.05) is 24.9 Å². The second-order valence-corrected chi connectivity index (χ2v) is 6.72. The van der Waals surface area contributed by atoms with Gasteiger partial charge in [0.25, 0.3) is 0 Å². The van der Waals surface area contributed by atoms with Gasteiger partial charge < -0.3 is 9.84 Å². The first kappa shape index (κ1) is 15.1. The third kappa shape index (κ3) is 3.06. The molecule has 2 saturated heterocycles. The third-order valence-corrected chi connectivity index (χ3v) is 4.09. The summed E-state index contributed by atoms with van der Waals surface area (Å²) >= 11 is 0. The fourth-order valence-electron chi connectivity index (χ4n) is 3.03. The molecule has 2 aliphatic rings. The topological polar surface area (TPSA) is 32.7 Å². The number of hydrogen-bond acceptors (Lipinski definition) is 3. The Kier molecular flexibility index (Phi) is 3.65. The van der Waals surface area contributed by atoms with Crippen molar-refractivity contribution in [2.24, 2.45) is 0 Å². The maximum absolute atomic E-state index is 12.9. The van der Waals surface area contributed by atoms with E-state index in [1.807, 2.05) is 25.7 Å². The lowest BCUT2D eigenvalue weighted by molar-refractivity contribution is -0.282. The van der Waals surface area contributed by atoms with Crippen LogP contribution in [0.4, 0.5) is 13.2 Å². The zero-order chi connectivity index (χ0) is 14.5. The Bertz CT molecular complexity index is 324. The molecule has 2 aliphatic heterocycles. The number of piperidine rings is 1. The van der Waals surface area contributed by atoms with E-state index in [-0.39, 0.29) is 30.5 Å². The maximum Gasteiger partial charge on any atom is 0.417 e. The van der Waals surface area contributed by atoms with Crippen molar-refractivity contribution in [3.8, 4) is 0 Å². The molecule has 2 atom stereocenters. The molecular formula is C13H22F3NO2. The first-order valence-electron chi connectivity index (χ1n) is 6.71. The van der Waals surface area contributed by atoms with Gasteiger partial charge in [0.2, 0.25) is 0 Å². The van der Waals surface area contributed by atoms with Crippen LogP contribution >= 0.6 is 0 Å². The summed E-state index contributed by atoms with van der Waals surface area (Å²) < 4.78 is 44.4. The Morgan fingerprint density at radius 2 is 1.63 bits per heavy atom. The Balaban J connectivity index is 2.03. The van der Waals surface area contributed by atoms with Gasteiger partial charge in [-0.25, -0.2) is 0 Å². The molecule has 3 nitrogen and oxygen atoms in total. The fraction of sp³-hybridized carbons (Fsp3) is 1.00. The predicted molar refractivity (Wildman–Crippen MR) is 64.6 cm³/mol. The lowest BCUT2D eigenvalue weighted by atomic mass is 9.86. The average molecular weight is 281 g/mol. The number of nitrogens with zero attached hydrogens (tertiary/aromatic N) is 1. The molecule has 0 saturated carbocycles. The molecule has 0 aromatic rings. The van der Waals surface area contributed by atoms with Crippen LogP contribution in [0.15, 0.2) is 0 Å². The highest BCUT2D eigenvalue weighted by molar-refractivity contribution is 5.04. The molecular weight excluding hydrogens is 259 g/mol. The average Bonchev–Trinajstić information content (AvgIpc) is 2.45. The van der Waals surface area contributed by atoms with Crippen molar-refractivity contribution >= 4 is 0 Å². The monoisotopic (exact) mass is 281 g/mol. The van der Waals surface area contributed by atoms with Crippen molar-refractivity contribution in [3.05, 3.63) is 0 Å². The first-order chi connectivity index (χ1) is 8.52. The van der Waals surface area contributed by atoms with Gasteiger partial charge >= 0.3 is 6.18 Å². The molecule has 0 spiro atoms. The standard InChI is InChI=1S/C13H22F3NO2/c1-11(2,3)19-8-17-9-4-5-10(17)7-12(18,6-9)13(14,15)16/h9-10,18H,4-8H2,1-3H3. The molecule has 0 radical (unpaired) electrons. The predicted octanol–water partition coefficient (Wildman–Crippen LogP) is 2.68. The molecule has 1 N–H and O–H groups in total. The van der Waals surface area contributed by atoms with E-state index in [4.69, 9.17) is 4.74 Å². The van der Waals surface area contributed by atoms with Crippen LogP contribution in [0.25, 0.3) is 0 Å². The summed E-state index contributed by atoms with van der Waals surface area (Å²) in [6.07, 6.45) is -3.60. The van der Waals surface area contributed by atoms with Gasteiger partial charge in [-0.15, -0.1) is 0 Å². The van der Waals surface area contributed by atoms with Crippen molar-refractivity contribution in [2.45, 2.75) is 75.9 Å². The summed E-state index contributed by atoms with van der Waals surface area (Å²) in [6.45, 7) is 6.10. The summed E-state index contributed by atoms with van der Waals surface area (Å²) in [5.41, 5.74) is -2.83. The number of aliphatic hydroxyl groups is 1. The smallest absolute Gasteiger partial charge is 0.380 e. The summed E-state index contributed by atoms with van der Waals surface area (Å²) in [4.78, 5) is 1.98. The summed E-state index contributed by atoms with van der Waals surface area (Å²) in [5, 5.41) is 9.84. The van der Waals surface area contributed by atoms with Crippen molar-refractivity contribution in [3.63, 3.8) is 0 Å². The Morgan fingerprint density at radius 3 is 2.00 bits per heavy atom. The van der Waals surface area contributed by atoms with E-state index in [0.29, 0.717) is 19.6 Å². The van der Waals surface area contributed by atoms with Crippen LogP contribution in [0.1, 0.15) is 46.5 Å². The second-order valence-electron chi connectivity index (χ2n) is 6.72. The molecule has 0 amide bonds. The largest absolute Gasteiger partial charge is 0.417 e. The molecule has 2 bridgehead atoms. The normalized spacial score (nSPS) is 36.8. The quantitative estimate of drug-likeness (QED) is 0.844. The second kappa shape index (κ2) is 4.60. The van der Waals surface area contributed by atoms with Gasteiger partial charge in [0.05, 0.1) is 5.60 Å². The zero-order valence-electron chi connectivity index (χ0n) is 11.6. The first-order valence-corrected chi connectivity index (χ1v) is 6.71. The number of alkyl halides is 3. The molecule has 2 heterocycles. The molecule has 19 heavy (non-hydrogen) atoms. The highest BCUT2D eigenvalue weighted by Gasteiger charge is 2.60. The summed E-state index contributed by atoms with van der Waals surface area (Å²) in [5.74, 6) is 0. The maximum atomic E-state index is 12.9. The van der Waals surface area contributed by atoms with Crippen LogP contribution in [0.2, 0.25) is 0 Å². The van der Waals surface area contributed by atoms with Gasteiger partial charge in [-0.1, -0.05) is 0 Å². The molecule has 2 rings (SSSR count). The van der Waals surface area contributed by atoms with E-state index < -0.39 is 11.8 Å². The van der Waals surface area contributed by atoms with Gasteiger partial charge in [0.15, 0.2) is 5.60 Å². The molecule has 2 fully saturated rings. The number of halogens is 3. The highest BCUT2D eigenvalue weighted by atomic mass is 19.4. The SMILES string of the molecule is CC(C)(C)OCN1C2CCC1CC(O)(C(F)(F)F)C2. The van der Waals surface area contributed by atoms with Crippen molar-refractivity contribution < 1.29 is 23.0 Å². The molecule has 2 unspecified atom stereocenters. The van der Waals surface area contributed by atoms with Gasteiger partial charge in [-0.2, -0.15) is 13.2 Å². The zero-order valence-corrected chi connectivity index (χ0v) is 11.6. The summed E-state index contributed by atoms with van der Waals surface area (Å²) in [6, 6.07) is -0.458. The van der Waals surface area contributed by atoms with Gasteiger partial charge in [0.1, 0.15) is 6.73 Å². The van der Waals surface area contributed by atoms with Crippen molar-refractivity contribution in [2.75, 3.05) is 6.73 Å². The van der Waals surface area contributed by atoms with Crippen LogP contribution in [0.5, 0.6) is 0 Å². The molecule has 0 aromatic heterocycles. The number of hydrogen-bond donors (Lipinski definition) is 1. The molecule has 112 valence electrons. The number of ether oxygens (including phenoxy) is 1. The lowest BCUT2D eigenvalue weighted by Gasteiger charge is -2.44. The highest BCUT2D eigenvalue weighted by Crippen LogP contribution is 2.47.